The number of aliphatic hydroxyl groups excluding tert-OH is 1. The number of hydrogen-bond acceptors (Lipinski definition) is 3. The summed E-state index contributed by atoms with van der Waals surface area (Å²) in [5, 5.41) is 19.0. The lowest BCUT2D eigenvalue weighted by Crippen LogP contribution is -2.45. The van der Waals surface area contributed by atoms with E-state index in [9.17, 15) is 5.11 Å². The molecule has 0 radical (unpaired) electrons. The highest BCUT2D eigenvalue weighted by molar-refractivity contribution is 5.95. The monoisotopic (exact) mass is 227 g/mol. The first-order valence-electron chi connectivity index (χ1n) is 5.55. The molecule has 0 aromatic heterocycles. The smallest absolute Gasteiger partial charge is 0.196 e. The molecular weight excluding hydrogens is 206 g/mol. The highest BCUT2D eigenvalue weighted by Gasteiger charge is 2.34. The first kappa shape index (κ1) is 12.8. The van der Waals surface area contributed by atoms with E-state index in [0.717, 1.165) is 25.7 Å². The SMILES string of the molecule is CC1CCCC(CO)(N=C(N)NC(=N)N)C1. The van der Waals surface area contributed by atoms with E-state index < -0.39 is 5.54 Å². The van der Waals surface area contributed by atoms with E-state index in [0.29, 0.717) is 5.92 Å². The first-order valence-corrected chi connectivity index (χ1v) is 5.55. The fraction of sp³-hybridized carbons (Fsp3) is 0.800. The van der Waals surface area contributed by atoms with Crippen molar-refractivity contribution in [3.8, 4) is 0 Å². The molecule has 1 fully saturated rings. The molecule has 0 aliphatic heterocycles. The Balaban J connectivity index is 2.75. The van der Waals surface area contributed by atoms with Crippen molar-refractivity contribution in [1.82, 2.24) is 5.32 Å². The summed E-state index contributed by atoms with van der Waals surface area (Å²) in [5.41, 5.74) is 10.3. The fourth-order valence-electron chi connectivity index (χ4n) is 2.33. The standard InChI is InChI=1S/C10H21N5O/c1-7-3-2-4-10(5-7,6-16)15-9(13)14-8(11)12/h7,16H,2-6H2,1H3,(H6,11,12,13,14,15). The van der Waals surface area contributed by atoms with Gasteiger partial charge in [-0.25, -0.2) is 4.99 Å². The molecule has 0 heterocycles. The average molecular weight is 227 g/mol. The van der Waals surface area contributed by atoms with Gasteiger partial charge < -0.3 is 16.6 Å². The molecule has 1 saturated carbocycles. The number of nitrogens with one attached hydrogen (secondary N) is 2. The number of aliphatic imine (C=N–C) groups is 1. The third-order valence-corrected chi connectivity index (χ3v) is 2.98. The molecule has 0 bridgehead atoms. The topological polar surface area (TPSA) is 121 Å². The van der Waals surface area contributed by atoms with Gasteiger partial charge >= 0.3 is 0 Å². The van der Waals surface area contributed by atoms with Gasteiger partial charge in [-0.15, -0.1) is 0 Å². The van der Waals surface area contributed by atoms with E-state index >= 15 is 0 Å². The Kier molecular flexibility index (Phi) is 4.12. The molecule has 6 nitrogen and oxygen atoms in total. The molecule has 92 valence electrons. The van der Waals surface area contributed by atoms with Gasteiger partial charge in [0.15, 0.2) is 11.9 Å². The van der Waals surface area contributed by atoms with Gasteiger partial charge in [0, 0.05) is 0 Å². The van der Waals surface area contributed by atoms with Crippen LogP contribution in [0.2, 0.25) is 0 Å². The highest BCUT2D eigenvalue weighted by atomic mass is 16.3. The number of guanidine groups is 2. The van der Waals surface area contributed by atoms with E-state index in [1.54, 1.807) is 0 Å². The Morgan fingerprint density at radius 2 is 2.31 bits per heavy atom. The molecule has 1 aliphatic carbocycles. The van der Waals surface area contributed by atoms with E-state index in [2.05, 4.69) is 17.2 Å². The largest absolute Gasteiger partial charge is 0.394 e. The number of aliphatic hydroxyl groups is 1. The van der Waals surface area contributed by atoms with E-state index in [-0.39, 0.29) is 18.5 Å². The lowest BCUT2D eigenvalue weighted by molar-refractivity contribution is 0.135. The van der Waals surface area contributed by atoms with Crippen LogP contribution < -0.4 is 16.8 Å². The second-order valence-corrected chi connectivity index (χ2v) is 4.62. The zero-order valence-corrected chi connectivity index (χ0v) is 9.66. The molecular formula is C10H21N5O. The number of hydrogen-bond donors (Lipinski definition) is 5. The van der Waals surface area contributed by atoms with Gasteiger partial charge in [-0.3, -0.25) is 10.7 Å². The molecule has 1 rings (SSSR count). The van der Waals surface area contributed by atoms with Crippen LogP contribution in [0.5, 0.6) is 0 Å². The average Bonchev–Trinajstić information content (AvgIpc) is 2.16. The predicted molar refractivity (Wildman–Crippen MR) is 64.1 cm³/mol. The summed E-state index contributed by atoms with van der Waals surface area (Å²) in [6.45, 7) is 2.13. The summed E-state index contributed by atoms with van der Waals surface area (Å²) in [5.74, 6) is 0.406. The third-order valence-electron chi connectivity index (χ3n) is 2.98. The third kappa shape index (κ3) is 3.37. The van der Waals surface area contributed by atoms with E-state index in [1.165, 1.54) is 0 Å². The summed E-state index contributed by atoms with van der Waals surface area (Å²) < 4.78 is 0. The predicted octanol–water partition coefficient (Wildman–Crippen LogP) is -0.275. The van der Waals surface area contributed by atoms with Gasteiger partial charge in [0.05, 0.1) is 12.1 Å². The lowest BCUT2D eigenvalue weighted by Gasteiger charge is -2.35. The fourth-order valence-corrected chi connectivity index (χ4v) is 2.33. The minimum Gasteiger partial charge on any atom is -0.394 e. The molecule has 2 unspecified atom stereocenters. The number of nitrogens with zero attached hydrogens (tertiary/aromatic N) is 1. The Bertz CT molecular complexity index is 291. The zero-order chi connectivity index (χ0) is 12.2. The maximum absolute atomic E-state index is 9.47. The molecule has 0 aromatic rings. The lowest BCUT2D eigenvalue weighted by atomic mass is 9.77. The molecule has 7 N–H and O–H groups in total. The van der Waals surface area contributed by atoms with Gasteiger partial charge in [-0.1, -0.05) is 19.8 Å². The second-order valence-electron chi connectivity index (χ2n) is 4.62. The molecule has 0 saturated heterocycles. The van der Waals surface area contributed by atoms with Crippen LogP contribution >= 0.6 is 0 Å². The Labute approximate surface area is 95.6 Å². The summed E-state index contributed by atoms with van der Waals surface area (Å²) >= 11 is 0. The summed E-state index contributed by atoms with van der Waals surface area (Å²) in [4.78, 5) is 4.29. The maximum Gasteiger partial charge on any atom is 0.196 e. The van der Waals surface area contributed by atoms with Gasteiger partial charge in [0.2, 0.25) is 0 Å². The highest BCUT2D eigenvalue weighted by Crippen LogP contribution is 2.34. The Morgan fingerprint density at radius 3 is 2.81 bits per heavy atom. The van der Waals surface area contributed by atoms with Crippen LogP contribution in [0.1, 0.15) is 32.6 Å². The molecule has 0 amide bonds. The first-order chi connectivity index (χ1) is 7.47. The maximum atomic E-state index is 9.47. The van der Waals surface area contributed by atoms with Gasteiger partial charge in [0.25, 0.3) is 0 Å². The van der Waals surface area contributed by atoms with Gasteiger partial charge in [0.1, 0.15) is 0 Å². The quantitative estimate of drug-likeness (QED) is 0.329. The minimum absolute atomic E-state index is 0.0162. The Morgan fingerprint density at radius 1 is 1.62 bits per heavy atom. The number of nitrogens with two attached hydrogens (primary N) is 2. The van der Waals surface area contributed by atoms with Crippen molar-refractivity contribution in [3.05, 3.63) is 0 Å². The van der Waals surface area contributed by atoms with Gasteiger partial charge in [-0.05, 0) is 18.8 Å². The van der Waals surface area contributed by atoms with Crippen LogP contribution in [-0.2, 0) is 0 Å². The van der Waals surface area contributed by atoms with Crippen LogP contribution in [0.15, 0.2) is 4.99 Å². The van der Waals surface area contributed by atoms with Crippen molar-refractivity contribution in [1.29, 1.82) is 5.41 Å². The molecule has 6 heteroatoms. The van der Waals surface area contributed by atoms with Crippen molar-refractivity contribution >= 4 is 11.9 Å². The minimum atomic E-state index is -0.496. The van der Waals surface area contributed by atoms with Crippen LogP contribution in [0, 0.1) is 11.3 Å². The number of rotatable bonds is 2. The van der Waals surface area contributed by atoms with Crippen molar-refractivity contribution < 1.29 is 5.11 Å². The van der Waals surface area contributed by atoms with E-state index in [1.807, 2.05) is 0 Å². The summed E-state index contributed by atoms with van der Waals surface area (Å²) in [6, 6.07) is 0. The second kappa shape index (κ2) is 5.16. The van der Waals surface area contributed by atoms with Crippen LogP contribution in [0.4, 0.5) is 0 Å². The van der Waals surface area contributed by atoms with Crippen molar-refractivity contribution in [3.63, 3.8) is 0 Å². The molecule has 2 atom stereocenters. The summed E-state index contributed by atoms with van der Waals surface area (Å²) in [6.07, 6.45) is 3.85. The molecule has 1 aliphatic rings. The van der Waals surface area contributed by atoms with E-state index in [4.69, 9.17) is 16.9 Å². The zero-order valence-electron chi connectivity index (χ0n) is 9.66. The van der Waals surface area contributed by atoms with Crippen molar-refractivity contribution in [2.75, 3.05) is 6.61 Å². The summed E-state index contributed by atoms with van der Waals surface area (Å²) in [7, 11) is 0. The molecule has 0 aromatic carbocycles. The Hall–Kier alpha value is -1.30. The van der Waals surface area contributed by atoms with Crippen LogP contribution in [-0.4, -0.2) is 29.2 Å². The van der Waals surface area contributed by atoms with Gasteiger partial charge in [-0.2, -0.15) is 0 Å². The van der Waals surface area contributed by atoms with Crippen molar-refractivity contribution in [2.24, 2.45) is 22.4 Å². The van der Waals surface area contributed by atoms with Crippen LogP contribution in [0.3, 0.4) is 0 Å². The molecule has 0 spiro atoms. The molecule has 16 heavy (non-hydrogen) atoms. The normalized spacial score (nSPS) is 31.1. The van der Waals surface area contributed by atoms with Crippen LogP contribution in [0.25, 0.3) is 0 Å². The van der Waals surface area contributed by atoms with Crippen molar-refractivity contribution in [2.45, 2.75) is 38.1 Å².